The topological polar surface area (TPSA) is 106 Å². The number of hydrogen-bond acceptors (Lipinski definition) is 7. The van der Waals surface area contributed by atoms with Crippen LogP contribution in [0.2, 0.25) is 0 Å². The first-order chi connectivity index (χ1) is 18.8. The second-order valence-corrected chi connectivity index (χ2v) is 9.42. The number of alkyl halides is 2. The molecule has 1 unspecified atom stereocenters. The number of para-hydroxylation sites is 1. The quantitative estimate of drug-likeness (QED) is 0.385. The van der Waals surface area contributed by atoms with E-state index in [4.69, 9.17) is 5.11 Å². The second kappa shape index (κ2) is 10.8. The third-order valence-electron chi connectivity index (χ3n) is 7.01. The number of ether oxygens (including phenoxy) is 1. The summed E-state index contributed by atoms with van der Waals surface area (Å²) in [5.41, 5.74) is 2.47. The molecule has 4 aromatic rings. The summed E-state index contributed by atoms with van der Waals surface area (Å²) in [6.07, 6.45) is 3.41. The largest absolute Gasteiger partial charge is 0.434 e. The van der Waals surface area contributed by atoms with Crippen LogP contribution >= 0.6 is 0 Å². The highest BCUT2D eigenvalue weighted by Gasteiger charge is 2.28. The summed E-state index contributed by atoms with van der Waals surface area (Å²) >= 11 is 0. The lowest BCUT2D eigenvalue weighted by atomic mass is 10.1. The van der Waals surface area contributed by atoms with Gasteiger partial charge >= 0.3 is 6.61 Å². The Kier molecular flexibility index (Phi) is 7.29. The van der Waals surface area contributed by atoms with Crippen molar-refractivity contribution in [3.63, 3.8) is 0 Å². The predicted molar refractivity (Wildman–Crippen MR) is 141 cm³/mol. The Hall–Kier alpha value is -4.32. The molecule has 2 aromatic carbocycles. The van der Waals surface area contributed by atoms with E-state index in [1.807, 2.05) is 24.0 Å². The zero-order valence-electron chi connectivity index (χ0n) is 21.5. The Bertz CT molecular complexity index is 1550. The van der Waals surface area contributed by atoms with Gasteiger partial charge in [-0.1, -0.05) is 24.3 Å². The molecule has 39 heavy (non-hydrogen) atoms. The summed E-state index contributed by atoms with van der Waals surface area (Å²) < 4.78 is 33.7. The normalized spacial score (nSPS) is 15.8. The van der Waals surface area contributed by atoms with Crippen molar-refractivity contribution >= 4 is 22.8 Å². The third-order valence-corrected chi connectivity index (χ3v) is 7.01. The first-order valence-electron chi connectivity index (χ1n) is 12.5. The minimum Gasteiger partial charge on any atom is -0.434 e. The van der Waals surface area contributed by atoms with E-state index >= 15 is 0 Å². The SMILES string of the molecule is CC1CN(c2ncc(-c3ccc4c(=O)n(C)n(Cc5ccccc5OC(F)F)c4c3)cn2)CCN1C(=O)CO. The molecule has 204 valence electrons. The van der Waals surface area contributed by atoms with Gasteiger partial charge in [-0.15, -0.1) is 0 Å². The molecule has 5 rings (SSSR count). The fraction of sp³-hybridized carbons (Fsp3) is 0.333. The summed E-state index contributed by atoms with van der Waals surface area (Å²) in [5, 5.41) is 9.66. The van der Waals surface area contributed by atoms with Crippen molar-refractivity contribution in [1.82, 2.24) is 24.2 Å². The van der Waals surface area contributed by atoms with E-state index in [1.165, 1.54) is 10.7 Å². The Balaban J connectivity index is 1.42. The molecule has 12 heteroatoms. The molecule has 0 spiro atoms. The van der Waals surface area contributed by atoms with Crippen LogP contribution in [-0.4, -0.2) is 74.1 Å². The summed E-state index contributed by atoms with van der Waals surface area (Å²) in [6.45, 7) is 0.171. The molecule has 1 saturated heterocycles. The molecule has 0 saturated carbocycles. The van der Waals surface area contributed by atoms with Gasteiger partial charge in [-0.25, -0.2) is 9.97 Å². The number of fused-ring (bicyclic) bond motifs is 1. The Morgan fingerprint density at radius 2 is 1.87 bits per heavy atom. The summed E-state index contributed by atoms with van der Waals surface area (Å²) in [6, 6.07) is 11.8. The zero-order valence-corrected chi connectivity index (χ0v) is 21.5. The number of rotatable bonds is 7. The van der Waals surface area contributed by atoms with Crippen LogP contribution in [-0.2, 0) is 18.4 Å². The molecule has 1 amide bonds. The minimum atomic E-state index is -2.96. The Labute approximate surface area is 222 Å². The fourth-order valence-electron chi connectivity index (χ4n) is 4.98. The van der Waals surface area contributed by atoms with E-state index in [1.54, 1.807) is 53.3 Å². The summed E-state index contributed by atoms with van der Waals surface area (Å²) in [5.74, 6) is 0.297. The van der Waals surface area contributed by atoms with Gasteiger partial charge in [0.05, 0.1) is 17.4 Å². The first-order valence-corrected chi connectivity index (χ1v) is 12.5. The van der Waals surface area contributed by atoms with Crippen molar-refractivity contribution in [2.45, 2.75) is 26.1 Å². The van der Waals surface area contributed by atoms with Gasteiger partial charge in [0.2, 0.25) is 11.9 Å². The lowest BCUT2D eigenvalue weighted by molar-refractivity contribution is -0.136. The maximum atomic E-state index is 12.9. The number of carbonyl (C=O) groups is 1. The van der Waals surface area contributed by atoms with Crippen LogP contribution in [0.4, 0.5) is 14.7 Å². The number of aliphatic hydroxyl groups is 1. The average Bonchev–Trinajstić information content (AvgIpc) is 3.17. The van der Waals surface area contributed by atoms with Gasteiger partial charge in [0, 0.05) is 56.2 Å². The van der Waals surface area contributed by atoms with Crippen LogP contribution in [0.15, 0.2) is 59.7 Å². The number of halogens is 2. The highest BCUT2D eigenvalue weighted by Crippen LogP contribution is 2.27. The maximum absolute atomic E-state index is 12.9. The van der Waals surface area contributed by atoms with Crippen LogP contribution in [0, 0.1) is 0 Å². The molecular formula is C27H28F2N6O4. The molecule has 3 heterocycles. The van der Waals surface area contributed by atoms with Crippen molar-refractivity contribution in [2.24, 2.45) is 7.05 Å². The number of amides is 1. The van der Waals surface area contributed by atoms with Gasteiger partial charge in [0.25, 0.3) is 5.56 Å². The molecule has 0 bridgehead atoms. The van der Waals surface area contributed by atoms with E-state index in [2.05, 4.69) is 14.7 Å². The van der Waals surface area contributed by atoms with E-state index in [9.17, 15) is 18.4 Å². The van der Waals surface area contributed by atoms with Crippen LogP contribution in [0.25, 0.3) is 22.0 Å². The number of aliphatic hydroxyl groups excluding tert-OH is 1. The smallest absolute Gasteiger partial charge is 0.387 e. The molecule has 1 atom stereocenters. The van der Waals surface area contributed by atoms with Crippen LogP contribution in [0.1, 0.15) is 12.5 Å². The molecule has 1 aliphatic heterocycles. The van der Waals surface area contributed by atoms with Gasteiger partial charge in [-0.3, -0.25) is 19.0 Å². The minimum absolute atomic E-state index is 0.0535. The molecule has 0 radical (unpaired) electrons. The van der Waals surface area contributed by atoms with Crippen molar-refractivity contribution in [3.8, 4) is 16.9 Å². The van der Waals surface area contributed by atoms with Gasteiger partial charge in [0.15, 0.2) is 0 Å². The van der Waals surface area contributed by atoms with Crippen molar-refractivity contribution in [2.75, 3.05) is 31.1 Å². The molecule has 2 aromatic heterocycles. The number of carbonyl (C=O) groups excluding carboxylic acids is 1. The zero-order chi connectivity index (χ0) is 27.7. The Morgan fingerprint density at radius 3 is 2.56 bits per heavy atom. The average molecular weight is 539 g/mol. The number of benzene rings is 2. The van der Waals surface area contributed by atoms with Gasteiger partial charge in [-0.2, -0.15) is 8.78 Å². The number of anilines is 1. The molecular weight excluding hydrogens is 510 g/mol. The highest BCUT2D eigenvalue weighted by molar-refractivity contribution is 5.84. The van der Waals surface area contributed by atoms with Crippen molar-refractivity contribution in [1.29, 1.82) is 0 Å². The Morgan fingerprint density at radius 1 is 1.13 bits per heavy atom. The molecule has 1 fully saturated rings. The fourth-order valence-corrected chi connectivity index (χ4v) is 4.98. The second-order valence-electron chi connectivity index (χ2n) is 9.42. The van der Waals surface area contributed by atoms with E-state index in [0.29, 0.717) is 42.0 Å². The van der Waals surface area contributed by atoms with Crippen LogP contribution < -0.4 is 15.2 Å². The molecule has 1 N–H and O–H groups in total. The maximum Gasteiger partial charge on any atom is 0.387 e. The van der Waals surface area contributed by atoms with Gasteiger partial charge < -0.3 is 19.6 Å². The summed E-state index contributed by atoms with van der Waals surface area (Å²) in [7, 11) is 1.63. The molecule has 1 aliphatic rings. The lowest BCUT2D eigenvalue weighted by Crippen LogP contribution is -2.55. The number of aromatic nitrogens is 4. The van der Waals surface area contributed by atoms with E-state index < -0.39 is 13.2 Å². The van der Waals surface area contributed by atoms with E-state index in [0.717, 1.165) is 11.1 Å². The standard InChI is InChI=1S/C27H28F2N6O4/c1-17-14-33(9-10-34(17)24(37)16-36)27-30-12-20(13-31-27)18-7-8-21-22(11-18)35(32(2)25(21)38)15-19-5-3-4-6-23(19)39-26(28)29/h3-8,11-13,17,26,36H,9-10,14-16H2,1-2H3. The lowest BCUT2D eigenvalue weighted by Gasteiger charge is -2.39. The number of piperazine rings is 1. The first kappa shape index (κ1) is 26.3. The predicted octanol–water partition coefficient (Wildman–Crippen LogP) is 2.48. The van der Waals surface area contributed by atoms with Crippen LogP contribution in [0.3, 0.4) is 0 Å². The van der Waals surface area contributed by atoms with Crippen molar-refractivity contribution in [3.05, 3.63) is 70.8 Å². The monoisotopic (exact) mass is 538 g/mol. The number of nitrogens with zero attached hydrogens (tertiary/aromatic N) is 6. The molecule has 0 aliphatic carbocycles. The van der Waals surface area contributed by atoms with Gasteiger partial charge in [-0.05, 0) is 30.7 Å². The van der Waals surface area contributed by atoms with E-state index in [-0.39, 0.29) is 29.8 Å². The summed E-state index contributed by atoms with van der Waals surface area (Å²) in [4.78, 5) is 37.5. The van der Waals surface area contributed by atoms with Crippen molar-refractivity contribution < 1.29 is 23.4 Å². The van der Waals surface area contributed by atoms with Gasteiger partial charge in [0.1, 0.15) is 12.4 Å². The highest BCUT2D eigenvalue weighted by atomic mass is 19.3. The number of hydrogen-bond donors (Lipinski definition) is 1. The molecule has 10 nitrogen and oxygen atoms in total. The van der Waals surface area contributed by atoms with Crippen LogP contribution in [0.5, 0.6) is 5.75 Å². The third kappa shape index (κ3) is 5.19.